The van der Waals surface area contributed by atoms with Crippen molar-refractivity contribution in [1.29, 1.82) is 0 Å². The molecule has 0 amide bonds. The molecule has 1 aromatic rings. The molecule has 1 aliphatic heterocycles. The molecule has 0 unspecified atom stereocenters. The lowest BCUT2D eigenvalue weighted by molar-refractivity contribution is -0.904. The van der Waals surface area contributed by atoms with E-state index in [1.165, 1.54) is 32.4 Å². The van der Waals surface area contributed by atoms with Gasteiger partial charge in [0.2, 0.25) is 0 Å². The summed E-state index contributed by atoms with van der Waals surface area (Å²) in [4.78, 5) is 12.1. The maximum absolute atomic E-state index is 11.0. The molecule has 0 spiro atoms. The average molecular weight is 265 g/mol. The van der Waals surface area contributed by atoms with Crippen molar-refractivity contribution >= 4 is 5.69 Å². The van der Waals surface area contributed by atoms with Crippen molar-refractivity contribution in [3.05, 3.63) is 33.9 Å². The Morgan fingerprint density at radius 1 is 1.32 bits per heavy atom. The number of likely N-dealkylation sites (tertiary alicyclic amines) is 1. The number of benzene rings is 1. The van der Waals surface area contributed by atoms with E-state index < -0.39 is 0 Å². The van der Waals surface area contributed by atoms with E-state index in [1.807, 2.05) is 13.0 Å². The van der Waals surface area contributed by atoms with Crippen molar-refractivity contribution < 1.29 is 14.6 Å². The standard InChI is InChI=1S/C14H20N2O3/c1-12-5-6-14(13(11-12)16(17)18)19-10-9-15-7-3-2-4-8-15/h5-6,11H,2-4,7-10H2,1H3/p+1. The van der Waals surface area contributed by atoms with E-state index in [9.17, 15) is 10.1 Å². The molecule has 0 bridgehead atoms. The minimum absolute atomic E-state index is 0.0636. The van der Waals surface area contributed by atoms with Gasteiger partial charge in [-0.2, -0.15) is 0 Å². The van der Waals surface area contributed by atoms with Crippen LogP contribution in [0.5, 0.6) is 5.75 Å². The quantitative estimate of drug-likeness (QED) is 0.646. The number of hydrogen-bond acceptors (Lipinski definition) is 3. The normalized spacial score (nSPS) is 16.3. The zero-order valence-electron chi connectivity index (χ0n) is 11.4. The lowest BCUT2D eigenvalue weighted by atomic mass is 10.1. The van der Waals surface area contributed by atoms with Gasteiger partial charge in [-0.05, 0) is 37.8 Å². The van der Waals surface area contributed by atoms with Gasteiger partial charge in [-0.1, -0.05) is 6.07 Å². The van der Waals surface area contributed by atoms with Crippen LogP contribution in [0.25, 0.3) is 0 Å². The molecule has 1 saturated heterocycles. The van der Waals surface area contributed by atoms with Gasteiger partial charge >= 0.3 is 5.69 Å². The SMILES string of the molecule is Cc1ccc(OCC[NH+]2CCCCC2)c([N+](=O)[O-])c1. The van der Waals surface area contributed by atoms with E-state index in [-0.39, 0.29) is 10.6 Å². The fourth-order valence-corrected chi connectivity index (χ4v) is 2.50. The highest BCUT2D eigenvalue weighted by Gasteiger charge is 2.17. The van der Waals surface area contributed by atoms with Crippen LogP contribution in [0.3, 0.4) is 0 Å². The third kappa shape index (κ3) is 3.92. The van der Waals surface area contributed by atoms with Crippen molar-refractivity contribution in [2.75, 3.05) is 26.2 Å². The number of nitro groups is 1. The lowest BCUT2D eigenvalue weighted by Gasteiger charge is -2.23. The predicted molar refractivity (Wildman–Crippen MR) is 72.7 cm³/mol. The minimum atomic E-state index is -0.379. The van der Waals surface area contributed by atoms with Gasteiger partial charge in [-0.25, -0.2) is 0 Å². The Hall–Kier alpha value is -1.62. The van der Waals surface area contributed by atoms with Crippen LogP contribution in [0.15, 0.2) is 18.2 Å². The Balaban J connectivity index is 1.89. The van der Waals surface area contributed by atoms with E-state index in [0.717, 1.165) is 12.1 Å². The van der Waals surface area contributed by atoms with Crippen LogP contribution in [0.1, 0.15) is 24.8 Å². The summed E-state index contributed by atoms with van der Waals surface area (Å²) in [6.07, 6.45) is 3.88. The van der Waals surface area contributed by atoms with Gasteiger partial charge in [0.05, 0.1) is 18.0 Å². The molecule has 104 valence electrons. The Labute approximate surface area is 113 Å². The van der Waals surface area contributed by atoms with Crippen LogP contribution in [-0.4, -0.2) is 31.2 Å². The van der Waals surface area contributed by atoms with Crippen molar-refractivity contribution in [3.8, 4) is 5.75 Å². The average Bonchev–Trinajstić information content (AvgIpc) is 2.41. The molecule has 0 saturated carbocycles. The van der Waals surface area contributed by atoms with Crippen molar-refractivity contribution in [2.24, 2.45) is 0 Å². The first-order valence-corrected chi connectivity index (χ1v) is 6.88. The van der Waals surface area contributed by atoms with Crippen molar-refractivity contribution in [2.45, 2.75) is 26.2 Å². The van der Waals surface area contributed by atoms with E-state index >= 15 is 0 Å². The first-order valence-electron chi connectivity index (χ1n) is 6.88. The highest BCUT2D eigenvalue weighted by molar-refractivity contribution is 5.48. The van der Waals surface area contributed by atoms with Crippen molar-refractivity contribution in [3.63, 3.8) is 0 Å². The molecule has 5 nitrogen and oxygen atoms in total. The summed E-state index contributed by atoms with van der Waals surface area (Å²) in [6.45, 7) is 5.69. The van der Waals surface area contributed by atoms with E-state index in [0.29, 0.717) is 12.4 Å². The van der Waals surface area contributed by atoms with Gasteiger partial charge in [0.25, 0.3) is 0 Å². The number of rotatable bonds is 5. The minimum Gasteiger partial charge on any atom is -0.481 e. The third-order valence-electron chi connectivity index (χ3n) is 3.58. The van der Waals surface area contributed by atoms with E-state index in [2.05, 4.69) is 0 Å². The lowest BCUT2D eigenvalue weighted by Crippen LogP contribution is -3.13. The highest BCUT2D eigenvalue weighted by Crippen LogP contribution is 2.27. The molecule has 1 N–H and O–H groups in total. The number of ether oxygens (including phenoxy) is 1. The number of nitro benzene ring substituents is 1. The van der Waals surface area contributed by atoms with Crippen LogP contribution >= 0.6 is 0 Å². The summed E-state index contributed by atoms with van der Waals surface area (Å²) < 4.78 is 5.59. The largest absolute Gasteiger partial charge is 0.481 e. The molecule has 19 heavy (non-hydrogen) atoms. The molecule has 5 heteroatoms. The molecular weight excluding hydrogens is 244 g/mol. The number of quaternary nitrogens is 1. The smallest absolute Gasteiger partial charge is 0.311 e. The topological polar surface area (TPSA) is 56.8 Å². The zero-order valence-corrected chi connectivity index (χ0v) is 11.4. The summed E-state index contributed by atoms with van der Waals surface area (Å²) in [5, 5.41) is 11.0. The Bertz CT molecular complexity index is 442. The third-order valence-corrected chi connectivity index (χ3v) is 3.58. The molecule has 0 aromatic heterocycles. The number of aryl methyl sites for hydroxylation is 1. The summed E-state index contributed by atoms with van der Waals surface area (Å²) in [7, 11) is 0. The number of hydrogen-bond donors (Lipinski definition) is 1. The van der Waals surface area contributed by atoms with Gasteiger partial charge in [0, 0.05) is 6.07 Å². The molecule has 1 fully saturated rings. The molecule has 2 rings (SSSR count). The van der Waals surface area contributed by atoms with Gasteiger partial charge in [0.1, 0.15) is 13.2 Å². The van der Waals surface area contributed by atoms with Crippen LogP contribution in [0, 0.1) is 17.0 Å². The van der Waals surface area contributed by atoms with Gasteiger partial charge in [0.15, 0.2) is 5.75 Å². The fourth-order valence-electron chi connectivity index (χ4n) is 2.50. The second kappa shape index (κ2) is 6.52. The molecule has 1 aliphatic rings. The first kappa shape index (κ1) is 13.8. The monoisotopic (exact) mass is 265 g/mol. The molecule has 0 aliphatic carbocycles. The number of nitrogens with zero attached hydrogens (tertiary/aromatic N) is 1. The van der Waals surface area contributed by atoms with Gasteiger partial charge in [-0.3, -0.25) is 10.1 Å². The van der Waals surface area contributed by atoms with Crippen LogP contribution in [0.2, 0.25) is 0 Å². The van der Waals surface area contributed by atoms with Crippen LogP contribution in [0.4, 0.5) is 5.69 Å². The second-order valence-electron chi connectivity index (χ2n) is 5.14. The summed E-state index contributed by atoms with van der Waals surface area (Å²) in [5.74, 6) is 0.381. The maximum atomic E-state index is 11.0. The summed E-state index contributed by atoms with van der Waals surface area (Å²) in [6, 6.07) is 5.10. The Morgan fingerprint density at radius 2 is 2.05 bits per heavy atom. The van der Waals surface area contributed by atoms with Gasteiger partial charge in [-0.15, -0.1) is 0 Å². The van der Waals surface area contributed by atoms with Crippen molar-refractivity contribution in [1.82, 2.24) is 0 Å². The van der Waals surface area contributed by atoms with Crippen LogP contribution in [-0.2, 0) is 0 Å². The maximum Gasteiger partial charge on any atom is 0.311 e. The molecule has 0 atom stereocenters. The molecular formula is C14H21N2O3+. The van der Waals surface area contributed by atoms with Gasteiger partial charge < -0.3 is 9.64 Å². The summed E-state index contributed by atoms with van der Waals surface area (Å²) in [5.41, 5.74) is 0.939. The molecule has 1 aromatic carbocycles. The number of piperidine rings is 1. The van der Waals surface area contributed by atoms with E-state index in [1.54, 1.807) is 17.0 Å². The molecule has 0 radical (unpaired) electrons. The van der Waals surface area contributed by atoms with Crippen LogP contribution < -0.4 is 9.64 Å². The Morgan fingerprint density at radius 3 is 2.74 bits per heavy atom. The predicted octanol–water partition coefficient (Wildman–Crippen LogP) is 1.35. The zero-order chi connectivity index (χ0) is 13.7. The van der Waals surface area contributed by atoms with E-state index in [4.69, 9.17) is 4.74 Å². The fraction of sp³-hybridized carbons (Fsp3) is 0.571. The molecule has 1 heterocycles. The first-order chi connectivity index (χ1) is 9.16. The second-order valence-corrected chi connectivity index (χ2v) is 5.14. The highest BCUT2D eigenvalue weighted by atomic mass is 16.6. The number of nitrogens with one attached hydrogen (secondary N) is 1. The summed E-state index contributed by atoms with van der Waals surface area (Å²) >= 11 is 0. The Kier molecular flexibility index (Phi) is 4.74.